The quantitative estimate of drug-likeness (QED) is 0.616. The van der Waals surface area contributed by atoms with E-state index < -0.39 is 0 Å². The van der Waals surface area contributed by atoms with Gasteiger partial charge in [-0.2, -0.15) is 5.26 Å². The topological polar surface area (TPSA) is 54.0 Å². The molecule has 0 bridgehead atoms. The summed E-state index contributed by atoms with van der Waals surface area (Å²) in [6.45, 7) is 0. The first-order valence-electron chi connectivity index (χ1n) is 3.56. The molecule has 0 aromatic carbocycles. The molecule has 0 amide bonds. The predicted molar refractivity (Wildman–Crippen MR) is 42.3 cm³/mol. The summed E-state index contributed by atoms with van der Waals surface area (Å²) in [7, 11) is 0. The highest BCUT2D eigenvalue weighted by Crippen LogP contribution is 2.04. The van der Waals surface area contributed by atoms with E-state index in [2.05, 4.69) is 16.3 Å². The summed E-state index contributed by atoms with van der Waals surface area (Å²) in [5.41, 5.74) is 1.70. The second kappa shape index (κ2) is 2.62. The van der Waals surface area contributed by atoms with Crippen molar-refractivity contribution in [2.24, 2.45) is 0 Å². The van der Waals surface area contributed by atoms with Crippen molar-refractivity contribution in [3.8, 4) is 6.07 Å². The molecule has 0 aliphatic heterocycles. The van der Waals surface area contributed by atoms with Gasteiger partial charge in [-0.15, -0.1) is 10.2 Å². The maximum Gasteiger partial charge on any atom is 0.160 e. The maximum absolute atomic E-state index is 8.51. The Bertz CT molecular complexity index is 437. The van der Waals surface area contributed by atoms with E-state index in [-0.39, 0.29) is 0 Å². The van der Waals surface area contributed by atoms with E-state index >= 15 is 0 Å². The van der Waals surface area contributed by atoms with Crippen molar-refractivity contribution in [2.45, 2.75) is 6.42 Å². The van der Waals surface area contributed by atoms with Crippen LogP contribution in [0.2, 0.25) is 0 Å². The van der Waals surface area contributed by atoms with E-state index in [1.165, 1.54) is 0 Å². The summed E-state index contributed by atoms with van der Waals surface area (Å²) >= 11 is 0. The van der Waals surface area contributed by atoms with Crippen LogP contribution in [0.4, 0.5) is 0 Å². The van der Waals surface area contributed by atoms with Crippen LogP contribution >= 0.6 is 0 Å². The van der Waals surface area contributed by atoms with Crippen LogP contribution in [0.3, 0.4) is 0 Å². The fourth-order valence-corrected chi connectivity index (χ4v) is 1.13. The van der Waals surface area contributed by atoms with E-state index in [1.54, 1.807) is 6.33 Å². The molecule has 0 radical (unpaired) electrons. The van der Waals surface area contributed by atoms with Crippen LogP contribution in [0.25, 0.3) is 5.65 Å². The molecular formula is C8H6N4. The minimum Gasteiger partial charge on any atom is -0.285 e. The number of nitrogens with zero attached hydrogens (tertiary/aromatic N) is 4. The smallest absolute Gasteiger partial charge is 0.160 e. The summed E-state index contributed by atoms with van der Waals surface area (Å²) in [6, 6.07) is 7.70. The minimum atomic E-state index is 0.384. The standard InChI is InChI=1S/C8H6N4/c9-5-4-7-2-1-3-8-11-10-6-12(7)8/h1-3,6H,4H2. The highest BCUT2D eigenvalue weighted by molar-refractivity contribution is 5.38. The number of rotatable bonds is 1. The number of pyridine rings is 1. The Balaban J connectivity index is 2.67. The monoisotopic (exact) mass is 158 g/mol. The van der Waals surface area contributed by atoms with Crippen molar-refractivity contribution in [1.29, 1.82) is 5.26 Å². The summed E-state index contributed by atoms with van der Waals surface area (Å²) < 4.78 is 1.81. The molecule has 58 valence electrons. The molecule has 0 spiro atoms. The first kappa shape index (κ1) is 6.80. The van der Waals surface area contributed by atoms with Gasteiger partial charge < -0.3 is 0 Å². The average molecular weight is 158 g/mol. The predicted octanol–water partition coefficient (Wildman–Crippen LogP) is 0.795. The Morgan fingerprint density at radius 3 is 3.25 bits per heavy atom. The number of hydrogen-bond donors (Lipinski definition) is 0. The lowest BCUT2D eigenvalue weighted by Gasteiger charge is -1.97. The van der Waals surface area contributed by atoms with Crippen molar-refractivity contribution in [3.05, 3.63) is 30.2 Å². The Kier molecular flexibility index (Phi) is 1.49. The highest BCUT2D eigenvalue weighted by Gasteiger charge is 1.98. The van der Waals surface area contributed by atoms with Gasteiger partial charge in [0.1, 0.15) is 6.33 Å². The fourth-order valence-electron chi connectivity index (χ4n) is 1.13. The average Bonchev–Trinajstić information content (AvgIpc) is 2.53. The van der Waals surface area contributed by atoms with Gasteiger partial charge in [0.2, 0.25) is 0 Å². The molecule has 2 rings (SSSR count). The van der Waals surface area contributed by atoms with Crippen LogP contribution in [-0.4, -0.2) is 14.6 Å². The zero-order valence-electron chi connectivity index (χ0n) is 6.31. The van der Waals surface area contributed by atoms with Gasteiger partial charge in [0, 0.05) is 5.69 Å². The molecule has 0 N–H and O–H groups in total. The van der Waals surface area contributed by atoms with Crippen molar-refractivity contribution < 1.29 is 0 Å². The maximum atomic E-state index is 8.51. The van der Waals surface area contributed by atoms with Crippen molar-refractivity contribution in [3.63, 3.8) is 0 Å². The Hall–Kier alpha value is -1.89. The Morgan fingerprint density at radius 1 is 1.50 bits per heavy atom. The number of fused-ring (bicyclic) bond motifs is 1. The molecular weight excluding hydrogens is 152 g/mol. The van der Waals surface area contributed by atoms with Gasteiger partial charge in [-0.3, -0.25) is 4.40 Å². The van der Waals surface area contributed by atoms with Gasteiger partial charge in [0.25, 0.3) is 0 Å². The second-order valence-corrected chi connectivity index (χ2v) is 2.41. The van der Waals surface area contributed by atoms with Crippen LogP contribution in [0.5, 0.6) is 0 Å². The summed E-state index contributed by atoms with van der Waals surface area (Å²) in [4.78, 5) is 0. The normalized spacial score (nSPS) is 9.92. The lowest BCUT2D eigenvalue weighted by Crippen LogP contribution is -1.93. The highest BCUT2D eigenvalue weighted by atomic mass is 15.2. The van der Waals surface area contributed by atoms with E-state index in [0.29, 0.717) is 6.42 Å². The molecule has 0 fully saturated rings. The van der Waals surface area contributed by atoms with Gasteiger partial charge in [0.15, 0.2) is 5.65 Å². The largest absolute Gasteiger partial charge is 0.285 e. The van der Waals surface area contributed by atoms with Gasteiger partial charge in [-0.05, 0) is 12.1 Å². The lowest BCUT2D eigenvalue weighted by atomic mass is 10.3. The van der Waals surface area contributed by atoms with Crippen LogP contribution in [0.15, 0.2) is 24.5 Å². The van der Waals surface area contributed by atoms with Gasteiger partial charge in [-0.1, -0.05) is 6.07 Å². The molecule has 0 atom stereocenters. The van der Waals surface area contributed by atoms with E-state index in [0.717, 1.165) is 11.3 Å². The molecule has 2 heterocycles. The minimum absolute atomic E-state index is 0.384. The molecule has 12 heavy (non-hydrogen) atoms. The van der Waals surface area contributed by atoms with E-state index in [9.17, 15) is 0 Å². The first-order valence-corrected chi connectivity index (χ1v) is 3.56. The van der Waals surface area contributed by atoms with Crippen LogP contribution in [-0.2, 0) is 6.42 Å². The van der Waals surface area contributed by atoms with Crippen molar-refractivity contribution in [1.82, 2.24) is 14.6 Å². The molecule has 4 nitrogen and oxygen atoms in total. The molecule has 0 aliphatic rings. The van der Waals surface area contributed by atoms with E-state index in [1.807, 2.05) is 22.6 Å². The molecule has 2 aromatic rings. The summed E-state index contributed by atoms with van der Waals surface area (Å²) in [5.74, 6) is 0. The second-order valence-electron chi connectivity index (χ2n) is 2.41. The fraction of sp³-hybridized carbons (Fsp3) is 0.125. The van der Waals surface area contributed by atoms with Crippen LogP contribution < -0.4 is 0 Å². The van der Waals surface area contributed by atoms with Crippen LogP contribution in [0, 0.1) is 11.3 Å². The SMILES string of the molecule is N#CCc1cccc2nncn12. The first-order chi connectivity index (χ1) is 5.92. The molecule has 4 heteroatoms. The van der Waals surface area contributed by atoms with Gasteiger partial charge in [0.05, 0.1) is 12.5 Å². The molecule has 0 unspecified atom stereocenters. The molecule has 0 saturated heterocycles. The van der Waals surface area contributed by atoms with Crippen molar-refractivity contribution >= 4 is 5.65 Å². The third-order valence-electron chi connectivity index (χ3n) is 1.68. The van der Waals surface area contributed by atoms with Gasteiger partial charge >= 0.3 is 0 Å². The molecule has 0 saturated carbocycles. The molecule has 2 aromatic heterocycles. The van der Waals surface area contributed by atoms with Crippen molar-refractivity contribution in [2.75, 3.05) is 0 Å². The lowest BCUT2D eigenvalue weighted by molar-refractivity contribution is 1.02. The third kappa shape index (κ3) is 0.920. The Labute approximate surface area is 69.1 Å². The number of nitriles is 1. The number of aromatic nitrogens is 3. The summed E-state index contributed by atoms with van der Waals surface area (Å²) in [5, 5.41) is 16.1. The molecule has 0 aliphatic carbocycles. The zero-order chi connectivity index (χ0) is 8.39. The van der Waals surface area contributed by atoms with E-state index in [4.69, 9.17) is 5.26 Å². The third-order valence-corrected chi connectivity index (χ3v) is 1.68. The Morgan fingerprint density at radius 2 is 2.42 bits per heavy atom. The zero-order valence-corrected chi connectivity index (χ0v) is 6.31. The van der Waals surface area contributed by atoms with Gasteiger partial charge in [-0.25, -0.2) is 0 Å². The summed E-state index contributed by atoms with van der Waals surface area (Å²) in [6.07, 6.45) is 2.00. The number of hydrogen-bond acceptors (Lipinski definition) is 3. The van der Waals surface area contributed by atoms with Crippen LogP contribution in [0.1, 0.15) is 5.69 Å².